The summed E-state index contributed by atoms with van der Waals surface area (Å²) in [6, 6.07) is 8.85. The summed E-state index contributed by atoms with van der Waals surface area (Å²) in [5.41, 5.74) is 2.54. The van der Waals surface area contributed by atoms with Crippen LogP contribution in [0.2, 0.25) is 0 Å². The lowest BCUT2D eigenvalue weighted by atomic mass is 10.1. The molecule has 138 valence electrons. The van der Waals surface area contributed by atoms with E-state index in [0.717, 1.165) is 38.6 Å². The summed E-state index contributed by atoms with van der Waals surface area (Å²) in [5.74, 6) is 1.01. The first-order chi connectivity index (χ1) is 12.0. The van der Waals surface area contributed by atoms with Crippen LogP contribution in [-0.2, 0) is 17.9 Å². The minimum Gasteiger partial charge on any atom is -0.352 e. The van der Waals surface area contributed by atoms with Gasteiger partial charge >= 0.3 is 0 Å². The molecule has 0 bridgehead atoms. The molecule has 2 rings (SSSR count). The van der Waals surface area contributed by atoms with E-state index in [1.165, 1.54) is 11.1 Å². The molecule has 1 heterocycles. The average molecular weight is 345 g/mol. The summed E-state index contributed by atoms with van der Waals surface area (Å²) in [4.78, 5) is 20.2. The molecule has 1 unspecified atom stereocenters. The molecule has 0 spiro atoms. The monoisotopic (exact) mass is 345 g/mol. The lowest BCUT2D eigenvalue weighted by Gasteiger charge is -2.19. The zero-order chi connectivity index (χ0) is 18.2. The molecule has 1 aliphatic rings. The van der Waals surface area contributed by atoms with Crippen molar-refractivity contribution in [2.75, 3.05) is 34.2 Å². The SMILES string of the molecule is CCC(=O)N1CCC(NC(=NC)NCc2cccc(CN(C)C)c2)C1. The van der Waals surface area contributed by atoms with Gasteiger partial charge in [-0.05, 0) is 31.6 Å². The predicted molar refractivity (Wildman–Crippen MR) is 102 cm³/mol. The van der Waals surface area contributed by atoms with E-state index in [1.807, 2.05) is 11.8 Å². The zero-order valence-corrected chi connectivity index (χ0v) is 15.9. The van der Waals surface area contributed by atoms with Gasteiger partial charge in [-0.3, -0.25) is 9.79 Å². The van der Waals surface area contributed by atoms with Crippen LogP contribution in [0, 0.1) is 0 Å². The Hall–Kier alpha value is -2.08. The number of rotatable bonds is 6. The molecule has 1 atom stereocenters. The van der Waals surface area contributed by atoms with Crippen LogP contribution in [0.5, 0.6) is 0 Å². The van der Waals surface area contributed by atoms with Crippen LogP contribution in [0.15, 0.2) is 29.3 Å². The predicted octanol–water partition coefficient (Wildman–Crippen LogP) is 1.42. The maximum Gasteiger partial charge on any atom is 0.222 e. The van der Waals surface area contributed by atoms with Crippen LogP contribution in [0.4, 0.5) is 0 Å². The van der Waals surface area contributed by atoms with Crippen LogP contribution in [-0.4, -0.2) is 61.9 Å². The first-order valence-electron chi connectivity index (χ1n) is 8.99. The summed E-state index contributed by atoms with van der Waals surface area (Å²) >= 11 is 0. The number of hydrogen-bond acceptors (Lipinski definition) is 3. The number of carbonyl (C=O) groups excluding carboxylic acids is 1. The van der Waals surface area contributed by atoms with Gasteiger partial charge in [0.15, 0.2) is 5.96 Å². The Labute approximate surface area is 151 Å². The number of likely N-dealkylation sites (tertiary alicyclic amines) is 1. The molecular formula is C19H31N5O. The van der Waals surface area contributed by atoms with E-state index < -0.39 is 0 Å². The number of guanidine groups is 1. The van der Waals surface area contributed by atoms with Gasteiger partial charge in [-0.25, -0.2) is 0 Å². The lowest BCUT2D eigenvalue weighted by Crippen LogP contribution is -2.44. The smallest absolute Gasteiger partial charge is 0.222 e. The summed E-state index contributed by atoms with van der Waals surface area (Å²) in [6.45, 7) is 5.16. The first kappa shape index (κ1) is 19.2. The van der Waals surface area contributed by atoms with E-state index in [4.69, 9.17) is 0 Å². The van der Waals surface area contributed by atoms with Gasteiger partial charge in [-0.2, -0.15) is 0 Å². The number of carbonyl (C=O) groups is 1. The normalized spacial score (nSPS) is 17.9. The van der Waals surface area contributed by atoms with Gasteiger partial charge in [0.05, 0.1) is 0 Å². The Kier molecular flexibility index (Phi) is 7.25. The average Bonchev–Trinajstić information content (AvgIpc) is 3.06. The van der Waals surface area contributed by atoms with Crippen molar-refractivity contribution in [3.05, 3.63) is 35.4 Å². The lowest BCUT2D eigenvalue weighted by molar-refractivity contribution is -0.129. The zero-order valence-electron chi connectivity index (χ0n) is 15.9. The molecule has 1 fully saturated rings. The van der Waals surface area contributed by atoms with Crippen molar-refractivity contribution in [1.82, 2.24) is 20.4 Å². The maximum absolute atomic E-state index is 11.8. The molecule has 0 aliphatic carbocycles. The number of benzene rings is 1. The van der Waals surface area contributed by atoms with Crippen LogP contribution in [0.25, 0.3) is 0 Å². The fraction of sp³-hybridized carbons (Fsp3) is 0.579. The van der Waals surface area contributed by atoms with Crippen LogP contribution in [0.1, 0.15) is 30.9 Å². The van der Waals surface area contributed by atoms with Gasteiger partial charge in [-0.1, -0.05) is 31.2 Å². The minimum atomic E-state index is 0.227. The van der Waals surface area contributed by atoms with Crippen molar-refractivity contribution in [3.8, 4) is 0 Å². The van der Waals surface area contributed by atoms with Crippen molar-refractivity contribution in [1.29, 1.82) is 0 Å². The van der Waals surface area contributed by atoms with Gasteiger partial charge in [-0.15, -0.1) is 0 Å². The highest BCUT2D eigenvalue weighted by atomic mass is 16.2. The van der Waals surface area contributed by atoms with Crippen molar-refractivity contribution in [2.24, 2.45) is 4.99 Å². The summed E-state index contributed by atoms with van der Waals surface area (Å²) in [6.07, 6.45) is 1.54. The molecule has 6 nitrogen and oxygen atoms in total. The molecule has 0 saturated carbocycles. The maximum atomic E-state index is 11.8. The van der Waals surface area contributed by atoms with Crippen molar-refractivity contribution < 1.29 is 4.79 Å². The van der Waals surface area contributed by atoms with Gasteiger partial charge in [0.1, 0.15) is 0 Å². The second-order valence-electron chi connectivity index (χ2n) is 6.81. The van der Waals surface area contributed by atoms with Crippen LogP contribution < -0.4 is 10.6 Å². The molecule has 1 aromatic carbocycles. The van der Waals surface area contributed by atoms with E-state index >= 15 is 0 Å². The molecule has 25 heavy (non-hydrogen) atoms. The van der Waals surface area contributed by atoms with Gasteiger partial charge in [0.25, 0.3) is 0 Å². The Balaban J connectivity index is 1.84. The number of aliphatic imine (C=N–C) groups is 1. The van der Waals surface area contributed by atoms with E-state index in [1.54, 1.807) is 7.05 Å². The molecule has 0 aromatic heterocycles. The van der Waals surface area contributed by atoms with Gasteiger partial charge in [0, 0.05) is 45.7 Å². The number of amides is 1. The third kappa shape index (κ3) is 6.05. The molecule has 0 radical (unpaired) electrons. The highest BCUT2D eigenvalue weighted by Crippen LogP contribution is 2.11. The molecule has 1 amide bonds. The summed E-state index contributed by atoms with van der Waals surface area (Å²) in [5, 5.41) is 6.80. The number of nitrogens with one attached hydrogen (secondary N) is 2. The second kappa shape index (κ2) is 9.42. The topological polar surface area (TPSA) is 60.0 Å². The number of nitrogens with zero attached hydrogens (tertiary/aromatic N) is 3. The fourth-order valence-electron chi connectivity index (χ4n) is 3.11. The first-order valence-corrected chi connectivity index (χ1v) is 8.99. The second-order valence-corrected chi connectivity index (χ2v) is 6.81. The third-order valence-electron chi connectivity index (χ3n) is 4.36. The minimum absolute atomic E-state index is 0.227. The molecule has 1 saturated heterocycles. The van der Waals surface area contributed by atoms with Crippen molar-refractivity contribution >= 4 is 11.9 Å². The third-order valence-corrected chi connectivity index (χ3v) is 4.36. The van der Waals surface area contributed by atoms with E-state index in [9.17, 15) is 4.79 Å². The Morgan fingerprint density at radius 1 is 1.36 bits per heavy atom. The van der Waals surface area contributed by atoms with Crippen molar-refractivity contribution in [2.45, 2.75) is 38.9 Å². The standard InChI is InChI=1S/C19H31N5O/c1-5-18(25)24-10-9-17(14-24)22-19(20-2)21-12-15-7-6-8-16(11-15)13-23(3)4/h6-8,11,17H,5,9-10,12-14H2,1-4H3,(H2,20,21,22). The molecule has 6 heteroatoms. The van der Waals surface area contributed by atoms with Gasteiger partial charge in [0.2, 0.25) is 5.91 Å². The van der Waals surface area contributed by atoms with E-state index in [0.29, 0.717) is 6.42 Å². The quantitative estimate of drug-likeness (QED) is 0.605. The van der Waals surface area contributed by atoms with Gasteiger partial charge < -0.3 is 20.4 Å². The largest absolute Gasteiger partial charge is 0.352 e. The highest BCUT2D eigenvalue weighted by Gasteiger charge is 2.25. The van der Waals surface area contributed by atoms with Crippen LogP contribution in [0.3, 0.4) is 0 Å². The highest BCUT2D eigenvalue weighted by molar-refractivity contribution is 5.80. The Morgan fingerprint density at radius 2 is 2.12 bits per heavy atom. The molecular weight excluding hydrogens is 314 g/mol. The van der Waals surface area contributed by atoms with Crippen molar-refractivity contribution in [3.63, 3.8) is 0 Å². The molecule has 1 aliphatic heterocycles. The number of hydrogen-bond donors (Lipinski definition) is 2. The summed E-state index contributed by atoms with van der Waals surface area (Å²) in [7, 11) is 5.93. The fourth-order valence-corrected chi connectivity index (χ4v) is 3.11. The molecule has 2 N–H and O–H groups in total. The molecule has 1 aromatic rings. The summed E-state index contributed by atoms with van der Waals surface area (Å²) < 4.78 is 0. The van der Waals surface area contributed by atoms with E-state index in [-0.39, 0.29) is 11.9 Å². The van der Waals surface area contributed by atoms with Crippen LogP contribution >= 0.6 is 0 Å². The Morgan fingerprint density at radius 3 is 2.80 bits per heavy atom. The Bertz CT molecular complexity index is 599. The van der Waals surface area contributed by atoms with E-state index in [2.05, 4.69) is 58.9 Å².